The Morgan fingerprint density at radius 1 is 0.972 bits per heavy atom. The number of ether oxygens (including phenoxy) is 2. The molecule has 0 radical (unpaired) electrons. The van der Waals surface area contributed by atoms with E-state index in [-0.39, 0.29) is 41.5 Å². The maximum Gasteiger partial charge on any atom is 0.258 e. The van der Waals surface area contributed by atoms with Gasteiger partial charge in [-0.1, -0.05) is 24.3 Å². The topological polar surface area (TPSA) is 100 Å². The molecule has 4 rings (SSSR count). The van der Waals surface area contributed by atoms with Crippen LogP contribution in [0, 0.1) is 11.6 Å². The van der Waals surface area contributed by atoms with Gasteiger partial charge in [0.15, 0.2) is 11.6 Å². The van der Waals surface area contributed by atoms with Gasteiger partial charge < -0.3 is 19.4 Å². The van der Waals surface area contributed by atoms with E-state index < -0.39 is 17.5 Å². The number of halogens is 2. The minimum atomic E-state index is -0.645. The summed E-state index contributed by atoms with van der Waals surface area (Å²) in [6, 6.07) is 11.1. The van der Waals surface area contributed by atoms with Crippen LogP contribution < -0.4 is 20.3 Å². The molecule has 9 nitrogen and oxygen atoms in total. The number of aromatic nitrogens is 4. The fourth-order valence-electron chi connectivity index (χ4n) is 3.56. The zero-order valence-electron chi connectivity index (χ0n) is 19.6. The quantitative estimate of drug-likeness (QED) is 0.383. The standard InChI is InChI=1S/C25H23F2N5O4/c1-35-21-9-10-28-20(23(21)27)11-29-24(34)19-15-32(30-25(19)36-2)13-17-5-3-16(4-6-17)12-31-14-18(26)7-8-22(31)33/h3-10,14-15H,11-13H2,1-2H3,(H,29,34). The molecule has 1 N–H and O–H groups in total. The van der Waals surface area contributed by atoms with Crippen LogP contribution in [0.2, 0.25) is 0 Å². The lowest BCUT2D eigenvalue weighted by Crippen LogP contribution is -2.24. The molecule has 3 heterocycles. The summed E-state index contributed by atoms with van der Waals surface area (Å²) >= 11 is 0. The molecule has 0 atom stereocenters. The van der Waals surface area contributed by atoms with Crippen LogP contribution in [0.1, 0.15) is 27.2 Å². The van der Waals surface area contributed by atoms with Crippen LogP contribution in [0.4, 0.5) is 8.78 Å². The number of carbonyl (C=O) groups is 1. The molecule has 0 saturated carbocycles. The highest BCUT2D eigenvalue weighted by atomic mass is 19.1. The number of carbonyl (C=O) groups excluding carboxylic acids is 1. The Morgan fingerprint density at radius 3 is 2.39 bits per heavy atom. The molecule has 36 heavy (non-hydrogen) atoms. The lowest BCUT2D eigenvalue weighted by Gasteiger charge is -2.08. The number of pyridine rings is 2. The molecule has 0 saturated heterocycles. The van der Waals surface area contributed by atoms with Crippen molar-refractivity contribution in [2.24, 2.45) is 0 Å². The van der Waals surface area contributed by atoms with Crippen molar-refractivity contribution in [3.05, 3.63) is 105 Å². The highest BCUT2D eigenvalue weighted by Crippen LogP contribution is 2.19. The highest BCUT2D eigenvalue weighted by Gasteiger charge is 2.19. The summed E-state index contributed by atoms with van der Waals surface area (Å²) < 4.78 is 40.7. The van der Waals surface area contributed by atoms with Crippen molar-refractivity contribution in [1.82, 2.24) is 24.6 Å². The molecule has 11 heteroatoms. The predicted molar refractivity (Wildman–Crippen MR) is 126 cm³/mol. The van der Waals surface area contributed by atoms with Crippen LogP contribution in [-0.4, -0.2) is 39.5 Å². The second kappa shape index (κ2) is 10.8. The molecule has 0 fully saturated rings. The molecule has 1 aromatic carbocycles. The summed E-state index contributed by atoms with van der Waals surface area (Å²) in [5.74, 6) is -1.47. The molecule has 186 valence electrons. The molecule has 4 aromatic rings. The van der Waals surface area contributed by atoms with Gasteiger partial charge in [0.25, 0.3) is 11.5 Å². The van der Waals surface area contributed by atoms with Gasteiger partial charge in [-0.15, -0.1) is 5.10 Å². The summed E-state index contributed by atoms with van der Waals surface area (Å²) in [5, 5.41) is 6.91. The minimum absolute atomic E-state index is 0.0358. The molecule has 0 aliphatic rings. The van der Waals surface area contributed by atoms with Crippen LogP contribution >= 0.6 is 0 Å². The molecule has 0 bridgehead atoms. The summed E-state index contributed by atoms with van der Waals surface area (Å²) in [4.78, 5) is 28.5. The Hall–Kier alpha value is -4.54. The Kier molecular flexibility index (Phi) is 7.38. The minimum Gasteiger partial charge on any atom is -0.494 e. The van der Waals surface area contributed by atoms with E-state index in [1.54, 1.807) is 4.68 Å². The SMILES string of the molecule is COc1ccnc(CNC(=O)c2cn(Cc3ccc(Cn4cc(F)ccc4=O)cc3)nc2OC)c1F. The van der Waals surface area contributed by atoms with E-state index in [4.69, 9.17) is 9.47 Å². The monoisotopic (exact) mass is 495 g/mol. The number of hydrogen-bond acceptors (Lipinski definition) is 6. The van der Waals surface area contributed by atoms with Gasteiger partial charge >= 0.3 is 0 Å². The summed E-state index contributed by atoms with van der Waals surface area (Å²) in [5.41, 5.74) is 1.63. The predicted octanol–water partition coefficient (Wildman–Crippen LogP) is 2.76. The first kappa shape index (κ1) is 24.6. The maximum absolute atomic E-state index is 14.3. The maximum atomic E-state index is 14.3. The lowest BCUT2D eigenvalue weighted by molar-refractivity contribution is 0.0947. The number of benzene rings is 1. The third kappa shape index (κ3) is 5.57. The molecule has 0 unspecified atom stereocenters. The number of hydrogen-bond donors (Lipinski definition) is 1. The van der Waals surface area contributed by atoms with Crippen LogP contribution in [0.25, 0.3) is 0 Å². The van der Waals surface area contributed by atoms with Crippen molar-refractivity contribution in [3.63, 3.8) is 0 Å². The first-order valence-electron chi connectivity index (χ1n) is 10.9. The molecular formula is C25H23F2N5O4. The smallest absolute Gasteiger partial charge is 0.258 e. The molecule has 0 aliphatic heterocycles. The third-order valence-corrected chi connectivity index (χ3v) is 5.40. The van der Waals surface area contributed by atoms with Gasteiger partial charge in [0.2, 0.25) is 5.88 Å². The summed E-state index contributed by atoms with van der Waals surface area (Å²) in [6.45, 7) is 0.432. The van der Waals surface area contributed by atoms with E-state index in [1.165, 1.54) is 43.3 Å². The van der Waals surface area contributed by atoms with E-state index >= 15 is 0 Å². The van der Waals surface area contributed by atoms with Crippen molar-refractivity contribution >= 4 is 5.91 Å². The van der Waals surface area contributed by atoms with Crippen molar-refractivity contribution in [2.75, 3.05) is 14.2 Å². The summed E-state index contributed by atoms with van der Waals surface area (Å²) in [6.07, 6.45) is 4.09. The van der Waals surface area contributed by atoms with Crippen LogP contribution in [0.5, 0.6) is 11.6 Å². The van der Waals surface area contributed by atoms with Crippen LogP contribution in [0.15, 0.2) is 65.8 Å². The number of nitrogens with one attached hydrogen (secondary N) is 1. The number of amides is 1. The second-order valence-corrected chi connectivity index (χ2v) is 7.84. The number of methoxy groups -OCH3 is 2. The zero-order chi connectivity index (χ0) is 25.7. The Labute approximate surface area is 204 Å². The highest BCUT2D eigenvalue weighted by molar-refractivity contribution is 5.96. The fraction of sp³-hybridized carbons (Fsp3) is 0.200. The molecule has 3 aromatic heterocycles. The van der Waals surface area contributed by atoms with E-state index in [0.717, 1.165) is 23.4 Å². The Balaban J connectivity index is 1.43. The number of nitrogens with zero attached hydrogens (tertiary/aromatic N) is 4. The fourth-order valence-corrected chi connectivity index (χ4v) is 3.56. The van der Waals surface area contributed by atoms with Gasteiger partial charge in [0.05, 0.1) is 39.5 Å². The van der Waals surface area contributed by atoms with E-state index in [1.807, 2.05) is 24.3 Å². The van der Waals surface area contributed by atoms with Gasteiger partial charge in [0.1, 0.15) is 11.4 Å². The number of rotatable bonds is 9. The normalized spacial score (nSPS) is 10.8. The lowest BCUT2D eigenvalue weighted by atomic mass is 10.1. The van der Waals surface area contributed by atoms with Crippen molar-refractivity contribution in [1.29, 1.82) is 0 Å². The average molecular weight is 495 g/mol. The average Bonchev–Trinajstić information content (AvgIpc) is 3.29. The Morgan fingerprint density at radius 2 is 1.69 bits per heavy atom. The molecule has 0 aliphatic carbocycles. The van der Waals surface area contributed by atoms with Gasteiger partial charge in [-0.05, 0) is 17.2 Å². The first-order chi connectivity index (χ1) is 17.4. The van der Waals surface area contributed by atoms with Gasteiger partial charge in [-0.25, -0.2) is 8.78 Å². The van der Waals surface area contributed by atoms with Crippen LogP contribution in [-0.2, 0) is 19.6 Å². The Bertz CT molecular complexity index is 1430. The zero-order valence-corrected chi connectivity index (χ0v) is 19.6. The van der Waals surface area contributed by atoms with E-state index in [0.29, 0.717) is 6.54 Å². The van der Waals surface area contributed by atoms with Gasteiger partial charge in [-0.3, -0.25) is 19.3 Å². The van der Waals surface area contributed by atoms with Gasteiger partial charge in [-0.2, -0.15) is 0 Å². The van der Waals surface area contributed by atoms with Crippen molar-refractivity contribution < 1.29 is 23.0 Å². The third-order valence-electron chi connectivity index (χ3n) is 5.40. The molecule has 0 spiro atoms. The summed E-state index contributed by atoms with van der Waals surface area (Å²) in [7, 11) is 2.75. The second-order valence-electron chi connectivity index (χ2n) is 7.84. The van der Waals surface area contributed by atoms with Crippen LogP contribution in [0.3, 0.4) is 0 Å². The van der Waals surface area contributed by atoms with Crippen molar-refractivity contribution in [3.8, 4) is 11.6 Å². The van der Waals surface area contributed by atoms with Crippen molar-refractivity contribution in [2.45, 2.75) is 19.6 Å². The first-order valence-corrected chi connectivity index (χ1v) is 10.9. The largest absolute Gasteiger partial charge is 0.494 e. The van der Waals surface area contributed by atoms with Gasteiger partial charge in [0, 0.05) is 30.7 Å². The van der Waals surface area contributed by atoms with E-state index in [9.17, 15) is 18.4 Å². The molecular weight excluding hydrogens is 472 g/mol. The van der Waals surface area contributed by atoms with E-state index in [2.05, 4.69) is 15.4 Å². The molecule has 1 amide bonds.